The van der Waals surface area contributed by atoms with Gasteiger partial charge in [-0.15, -0.1) is 0 Å². The third-order valence-electron chi connectivity index (χ3n) is 2.33. The number of esters is 2. The summed E-state index contributed by atoms with van der Waals surface area (Å²) in [5.41, 5.74) is 0.296. The van der Waals surface area contributed by atoms with Crippen molar-refractivity contribution in [2.45, 2.75) is 12.5 Å². The van der Waals surface area contributed by atoms with Crippen molar-refractivity contribution < 1.29 is 23.9 Å². The Morgan fingerprint density at radius 3 is 2.65 bits per heavy atom. The van der Waals surface area contributed by atoms with Crippen molar-refractivity contribution >= 4 is 18.2 Å². The van der Waals surface area contributed by atoms with Crippen LogP contribution in [0.25, 0.3) is 0 Å². The van der Waals surface area contributed by atoms with E-state index in [1.54, 1.807) is 12.1 Å². The largest absolute Gasteiger partial charge is 0.469 e. The molecule has 0 radical (unpaired) electrons. The monoisotopic (exact) mass is 239 g/mol. The van der Waals surface area contributed by atoms with Gasteiger partial charge in [0.15, 0.2) is 6.29 Å². The molecule has 0 N–H and O–H groups in total. The number of nitrogens with zero attached hydrogens (tertiary/aromatic N) is 1. The number of ether oxygens (including phenoxy) is 2. The van der Waals surface area contributed by atoms with Crippen LogP contribution < -0.4 is 0 Å². The van der Waals surface area contributed by atoms with Gasteiger partial charge in [0.05, 0.1) is 26.3 Å². The van der Waals surface area contributed by atoms with Gasteiger partial charge >= 0.3 is 11.9 Å². The molecule has 0 saturated carbocycles. The number of carbonyl (C=O) groups excluding carboxylic acids is 3. The average molecular weight is 239 g/mol. The number of aromatic nitrogens is 1. The molecule has 6 heteroatoms. The highest BCUT2D eigenvalue weighted by Gasteiger charge is 2.26. The van der Waals surface area contributed by atoms with Crippen molar-refractivity contribution in [2.75, 3.05) is 14.2 Å². The van der Waals surface area contributed by atoms with E-state index >= 15 is 0 Å². The van der Waals surface area contributed by atoms with Gasteiger partial charge in [-0.05, 0) is 12.1 Å². The minimum absolute atomic E-state index is 0.182. The third kappa shape index (κ3) is 2.93. The van der Waals surface area contributed by atoms with E-state index in [1.165, 1.54) is 25.0 Å². The highest BCUT2D eigenvalue weighted by atomic mass is 16.5. The van der Waals surface area contributed by atoms with E-state index in [2.05, 4.69) is 9.47 Å². The molecule has 1 aromatic rings. The van der Waals surface area contributed by atoms with Crippen LogP contribution in [0, 0.1) is 0 Å². The molecule has 1 atom stereocenters. The van der Waals surface area contributed by atoms with Crippen molar-refractivity contribution in [1.29, 1.82) is 0 Å². The summed E-state index contributed by atoms with van der Waals surface area (Å²) in [6.45, 7) is 0. The Balaban J connectivity index is 3.01. The van der Waals surface area contributed by atoms with Gasteiger partial charge in [-0.3, -0.25) is 9.59 Å². The van der Waals surface area contributed by atoms with E-state index in [-0.39, 0.29) is 6.42 Å². The Morgan fingerprint density at radius 2 is 2.12 bits per heavy atom. The van der Waals surface area contributed by atoms with Gasteiger partial charge in [-0.2, -0.15) is 0 Å². The first kappa shape index (κ1) is 13.0. The third-order valence-corrected chi connectivity index (χ3v) is 2.33. The molecule has 0 fully saturated rings. The molecule has 6 nitrogen and oxygen atoms in total. The minimum atomic E-state index is -0.886. The molecule has 0 aliphatic carbocycles. The molecule has 1 aromatic heterocycles. The van der Waals surface area contributed by atoms with Gasteiger partial charge in [0.1, 0.15) is 6.04 Å². The lowest BCUT2D eigenvalue weighted by Gasteiger charge is -2.16. The van der Waals surface area contributed by atoms with Crippen LogP contribution in [0.5, 0.6) is 0 Å². The van der Waals surface area contributed by atoms with Crippen LogP contribution in [0.2, 0.25) is 0 Å². The van der Waals surface area contributed by atoms with E-state index in [0.717, 1.165) is 0 Å². The summed E-state index contributed by atoms with van der Waals surface area (Å²) in [5.74, 6) is -1.15. The standard InChI is InChI=1S/C11H13NO5/c1-16-10(14)6-9(11(15)17-2)12-5-3-4-8(12)7-13/h3-5,7,9H,6H2,1-2H3/t9-/m0/s1. The van der Waals surface area contributed by atoms with Crippen LogP contribution in [0.1, 0.15) is 23.0 Å². The number of aldehydes is 1. The maximum atomic E-state index is 11.6. The molecular weight excluding hydrogens is 226 g/mol. The topological polar surface area (TPSA) is 74.6 Å². The summed E-state index contributed by atoms with van der Waals surface area (Å²) in [7, 11) is 2.45. The van der Waals surface area contributed by atoms with Crippen LogP contribution in [0.4, 0.5) is 0 Å². The zero-order valence-corrected chi connectivity index (χ0v) is 9.58. The Morgan fingerprint density at radius 1 is 1.41 bits per heavy atom. The molecule has 17 heavy (non-hydrogen) atoms. The second-order valence-electron chi connectivity index (χ2n) is 3.28. The number of rotatable bonds is 5. The summed E-state index contributed by atoms with van der Waals surface area (Å²) >= 11 is 0. The van der Waals surface area contributed by atoms with Gasteiger partial charge in [0.25, 0.3) is 0 Å². The summed E-state index contributed by atoms with van der Waals surface area (Å²) in [5, 5.41) is 0. The van der Waals surface area contributed by atoms with Crippen LogP contribution in [-0.2, 0) is 19.1 Å². The van der Waals surface area contributed by atoms with Gasteiger partial charge in [-0.1, -0.05) is 0 Å². The first-order valence-electron chi connectivity index (χ1n) is 4.90. The summed E-state index contributed by atoms with van der Waals surface area (Å²) in [6.07, 6.45) is 1.96. The molecule has 0 spiro atoms. The maximum Gasteiger partial charge on any atom is 0.329 e. The zero-order valence-electron chi connectivity index (χ0n) is 9.58. The van der Waals surface area contributed by atoms with Crippen molar-refractivity contribution in [1.82, 2.24) is 4.57 Å². The Kier molecular flexibility index (Phi) is 4.45. The fourth-order valence-corrected chi connectivity index (χ4v) is 1.46. The fraction of sp³-hybridized carbons (Fsp3) is 0.364. The lowest BCUT2D eigenvalue weighted by atomic mass is 10.2. The van der Waals surface area contributed by atoms with Crippen molar-refractivity contribution in [3.63, 3.8) is 0 Å². The zero-order chi connectivity index (χ0) is 12.8. The van der Waals surface area contributed by atoms with E-state index in [1.807, 2.05) is 0 Å². The summed E-state index contributed by atoms with van der Waals surface area (Å²) in [4.78, 5) is 33.5. The number of methoxy groups -OCH3 is 2. The number of hydrogen-bond donors (Lipinski definition) is 0. The van der Waals surface area contributed by atoms with Crippen molar-refractivity contribution in [2.24, 2.45) is 0 Å². The number of hydrogen-bond acceptors (Lipinski definition) is 5. The van der Waals surface area contributed by atoms with E-state index in [4.69, 9.17) is 0 Å². The van der Waals surface area contributed by atoms with E-state index < -0.39 is 18.0 Å². The lowest BCUT2D eigenvalue weighted by Crippen LogP contribution is -2.25. The van der Waals surface area contributed by atoms with Crippen LogP contribution in [0.15, 0.2) is 18.3 Å². The van der Waals surface area contributed by atoms with E-state index in [0.29, 0.717) is 12.0 Å². The van der Waals surface area contributed by atoms with Crippen molar-refractivity contribution in [3.8, 4) is 0 Å². The Labute approximate surface area is 98.1 Å². The highest BCUT2D eigenvalue weighted by molar-refractivity contribution is 5.83. The van der Waals surface area contributed by atoms with Crippen molar-refractivity contribution in [3.05, 3.63) is 24.0 Å². The molecule has 0 bridgehead atoms. The van der Waals surface area contributed by atoms with Crippen LogP contribution >= 0.6 is 0 Å². The quantitative estimate of drug-likeness (QED) is 0.555. The molecule has 92 valence electrons. The predicted molar refractivity (Wildman–Crippen MR) is 57.5 cm³/mol. The van der Waals surface area contributed by atoms with Gasteiger partial charge in [0, 0.05) is 6.20 Å². The normalized spacial score (nSPS) is 11.6. The Hall–Kier alpha value is -2.11. The first-order valence-corrected chi connectivity index (χ1v) is 4.90. The summed E-state index contributed by atoms with van der Waals surface area (Å²) in [6, 6.07) is 2.26. The SMILES string of the molecule is COC(=O)C[C@@H](C(=O)OC)n1cccc1C=O. The fourth-order valence-electron chi connectivity index (χ4n) is 1.46. The maximum absolute atomic E-state index is 11.6. The summed E-state index contributed by atoms with van der Waals surface area (Å²) < 4.78 is 10.5. The minimum Gasteiger partial charge on any atom is -0.469 e. The molecule has 0 aliphatic rings. The molecule has 0 aromatic carbocycles. The molecule has 1 rings (SSSR count). The van der Waals surface area contributed by atoms with Gasteiger partial charge < -0.3 is 14.0 Å². The molecule has 0 aliphatic heterocycles. The molecular formula is C11H13NO5. The number of carbonyl (C=O) groups is 3. The van der Waals surface area contributed by atoms with Crippen LogP contribution in [0.3, 0.4) is 0 Å². The first-order chi connectivity index (χ1) is 8.13. The molecule has 1 heterocycles. The predicted octanol–water partition coefficient (Wildman–Crippen LogP) is 0.578. The molecule has 0 saturated heterocycles. The molecule has 0 unspecified atom stereocenters. The highest BCUT2D eigenvalue weighted by Crippen LogP contribution is 2.17. The van der Waals surface area contributed by atoms with E-state index in [9.17, 15) is 14.4 Å². The smallest absolute Gasteiger partial charge is 0.329 e. The Bertz CT molecular complexity index is 423. The second kappa shape index (κ2) is 5.83. The lowest BCUT2D eigenvalue weighted by molar-refractivity contribution is -0.151. The van der Waals surface area contributed by atoms with Gasteiger partial charge in [0.2, 0.25) is 0 Å². The second-order valence-corrected chi connectivity index (χ2v) is 3.28. The average Bonchev–Trinajstić information content (AvgIpc) is 2.82. The molecule has 0 amide bonds. The van der Waals surface area contributed by atoms with Gasteiger partial charge in [-0.25, -0.2) is 4.79 Å². The van der Waals surface area contributed by atoms with Crippen LogP contribution in [-0.4, -0.2) is 37.0 Å².